The maximum atomic E-state index is 12.7. The van der Waals surface area contributed by atoms with Gasteiger partial charge in [-0.15, -0.1) is 0 Å². The van der Waals surface area contributed by atoms with Crippen LogP contribution in [0, 0.1) is 0 Å². The molecule has 3 nitrogen and oxygen atoms in total. The molecule has 0 amide bonds. The Morgan fingerprint density at radius 1 is 1.26 bits per heavy atom. The van der Waals surface area contributed by atoms with Crippen LogP contribution in [0.15, 0.2) is 29.2 Å². The number of nitrogens with two attached hydrogens (primary N) is 1. The molecule has 1 aromatic rings. The molecule has 3 rings (SSSR count). The summed E-state index contributed by atoms with van der Waals surface area (Å²) in [7, 11) is -3.17. The van der Waals surface area contributed by atoms with E-state index in [1.165, 1.54) is 0 Å². The summed E-state index contributed by atoms with van der Waals surface area (Å²) in [6.45, 7) is 1.99. The second-order valence-corrected chi connectivity index (χ2v) is 8.24. The number of benzene rings is 1. The highest BCUT2D eigenvalue weighted by Crippen LogP contribution is 2.52. The molecule has 2 fully saturated rings. The number of rotatable bonds is 4. The summed E-state index contributed by atoms with van der Waals surface area (Å²) < 4.78 is 25.4. The Bertz CT molecular complexity index is 584. The molecule has 0 radical (unpaired) electrons. The Balaban J connectivity index is 2.08. The normalized spacial score (nSPS) is 23.7. The van der Waals surface area contributed by atoms with Crippen molar-refractivity contribution in [2.45, 2.75) is 60.6 Å². The summed E-state index contributed by atoms with van der Waals surface area (Å²) in [6, 6.07) is 7.49. The van der Waals surface area contributed by atoms with Gasteiger partial charge in [-0.05, 0) is 44.2 Å². The molecule has 0 saturated heterocycles. The molecule has 104 valence electrons. The highest BCUT2D eigenvalue weighted by molar-refractivity contribution is 7.92. The van der Waals surface area contributed by atoms with Crippen LogP contribution in [-0.2, 0) is 15.3 Å². The highest BCUT2D eigenvalue weighted by Gasteiger charge is 2.50. The molecule has 0 heterocycles. The summed E-state index contributed by atoms with van der Waals surface area (Å²) in [4.78, 5) is 0.537. The van der Waals surface area contributed by atoms with Crippen molar-refractivity contribution in [1.29, 1.82) is 0 Å². The highest BCUT2D eigenvalue weighted by atomic mass is 32.2. The standard InChI is InChI=1S/C15H21NO2S/c1-11(16)15(9-10-15)13-7-2-3-8-14(13)19(17,18)12-5-4-6-12/h2-3,7-8,11-12H,4-6,9-10,16H2,1H3. The smallest absolute Gasteiger partial charge is 0.181 e. The largest absolute Gasteiger partial charge is 0.327 e. The molecule has 1 aromatic carbocycles. The van der Waals surface area contributed by atoms with Gasteiger partial charge < -0.3 is 5.73 Å². The minimum absolute atomic E-state index is 0.00485. The van der Waals surface area contributed by atoms with Gasteiger partial charge in [-0.2, -0.15) is 0 Å². The van der Waals surface area contributed by atoms with E-state index >= 15 is 0 Å². The number of hydrogen-bond acceptors (Lipinski definition) is 3. The first-order valence-corrected chi connectivity index (χ1v) is 8.62. The third kappa shape index (κ3) is 1.93. The zero-order valence-corrected chi connectivity index (χ0v) is 12.1. The zero-order chi connectivity index (χ0) is 13.7. The van der Waals surface area contributed by atoms with Crippen LogP contribution in [0.1, 0.15) is 44.6 Å². The molecule has 19 heavy (non-hydrogen) atoms. The molecular formula is C15H21NO2S. The Morgan fingerprint density at radius 3 is 2.37 bits per heavy atom. The maximum absolute atomic E-state index is 12.7. The monoisotopic (exact) mass is 279 g/mol. The second-order valence-electron chi connectivity index (χ2n) is 6.04. The molecule has 1 atom stereocenters. The van der Waals surface area contributed by atoms with Gasteiger partial charge in [0, 0.05) is 11.5 Å². The summed E-state index contributed by atoms with van der Waals surface area (Å²) in [6.07, 6.45) is 4.65. The van der Waals surface area contributed by atoms with Crippen molar-refractivity contribution in [1.82, 2.24) is 0 Å². The predicted molar refractivity (Wildman–Crippen MR) is 75.8 cm³/mol. The van der Waals surface area contributed by atoms with Crippen molar-refractivity contribution in [3.8, 4) is 0 Å². The molecule has 0 spiro atoms. The van der Waals surface area contributed by atoms with Gasteiger partial charge in [0.25, 0.3) is 0 Å². The molecule has 2 aliphatic carbocycles. The summed E-state index contributed by atoms with van der Waals surface area (Å²) >= 11 is 0. The van der Waals surface area contributed by atoms with Crippen molar-refractivity contribution in [3.05, 3.63) is 29.8 Å². The van der Waals surface area contributed by atoms with Crippen LogP contribution >= 0.6 is 0 Å². The Labute approximate surface area is 115 Å². The van der Waals surface area contributed by atoms with Crippen LogP contribution in [0.25, 0.3) is 0 Å². The first kappa shape index (κ1) is 13.1. The van der Waals surface area contributed by atoms with Gasteiger partial charge in [0.1, 0.15) is 0 Å². The quantitative estimate of drug-likeness (QED) is 0.920. The van der Waals surface area contributed by atoms with E-state index in [2.05, 4.69) is 0 Å². The van der Waals surface area contributed by atoms with E-state index < -0.39 is 9.84 Å². The molecular weight excluding hydrogens is 258 g/mol. The van der Waals surface area contributed by atoms with Crippen LogP contribution in [0.5, 0.6) is 0 Å². The van der Waals surface area contributed by atoms with E-state index in [0.29, 0.717) is 4.90 Å². The van der Waals surface area contributed by atoms with Gasteiger partial charge in [-0.1, -0.05) is 24.6 Å². The third-order valence-electron chi connectivity index (χ3n) is 4.88. The maximum Gasteiger partial charge on any atom is 0.181 e. The minimum atomic E-state index is -3.17. The Morgan fingerprint density at radius 2 is 1.89 bits per heavy atom. The van der Waals surface area contributed by atoms with Gasteiger partial charge in [0.2, 0.25) is 0 Å². The molecule has 4 heteroatoms. The second kappa shape index (κ2) is 4.32. The zero-order valence-electron chi connectivity index (χ0n) is 11.3. The van der Waals surface area contributed by atoms with E-state index in [-0.39, 0.29) is 16.7 Å². The van der Waals surface area contributed by atoms with E-state index in [1.807, 2.05) is 25.1 Å². The number of sulfone groups is 1. The van der Waals surface area contributed by atoms with Crippen molar-refractivity contribution in [2.75, 3.05) is 0 Å². The minimum Gasteiger partial charge on any atom is -0.327 e. The molecule has 2 aliphatic rings. The Hall–Kier alpha value is -0.870. The topological polar surface area (TPSA) is 60.2 Å². The van der Waals surface area contributed by atoms with Crippen molar-refractivity contribution in [3.63, 3.8) is 0 Å². The van der Waals surface area contributed by atoms with Crippen molar-refractivity contribution >= 4 is 9.84 Å². The van der Waals surface area contributed by atoms with Gasteiger partial charge >= 0.3 is 0 Å². The molecule has 0 aliphatic heterocycles. The van der Waals surface area contributed by atoms with E-state index in [9.17, 15) is 8.42 Å². The first-order chi connectivity index (χ1) is 8.98. The molecule has 0 aromatic heterocycles. The van der Waals surface area contributed by atoms with Crippen molar-refractivity contribution in [2.24, 2.45) is 5.73 Å². The van der Waals surface area contributed by atoms with Gasteiger partial charge in [-0.25, -0.2) is 8.42 Å². The number of hydrogen-bond donors (Lipinski definition) is 1. The van der Waals surface area contributed by atoms with Crippen molar-refractivity contribution < 1.29 is 8.42 Å². The third-order valence-corrected chi connectivity index (χ3v) is 7.20. The van der Waals surface area contributed by atoms with Crippen LogP contribution in [0.2, 0.25) is 0 Å². The fourth-order valence-electron chi connectivity index (χ4n) is 3.09. The molecule has 2 N–H and O–H groups in total. The Kier molecular flexibility index (Phi) is 2.98. The fraction of sp³-hybridized carbons (Fsp3) is 0.600. The lowest BCUT2D eigenvalue weighted by Gasteiger charge is -2.29. The summed E-state index contributed by atoms with van der Waals surface area (Å²) in [5, 5.41) is -0.169. The van der Waals surface area contributed by atoms with Crippen LogP contribution in [0.3, 0.4) is 0 Å². The van der Waals surface area contributed by atoms with E-state index in [0.717, 1.165) is 37.7 Å². The average molecular weight is 279 g/mol. The van der Waals surface area contributed by atoms with Crippen LogP contribution in [-0.4, -0.2) is 19.7 Å². The van der Waals surface area contributed by atoms with Gasteiger partial charge in [0.05, 0.1) is 10.1 Å². The lowest BCUT2D eigenvalue weighted by Crippen LogP contribution is -2.35. The lowest BCUT2D eigenvalue weighted by molar-refractivity contribution is 0.473. The molecule has 1 unspecified atom stereocenters. The first-order valence-electron chi connectivity index (χ1n) is 7.07. The van der Waals surface area contributed by atoms with Gasteiger partial charge in [-0.3, -0.25) is 0 Å². The van der Waals surface area contributed by atoms with E-state index in [4.69, 9.17) is 5.73 Å². The van der Waals surface area contributed by atoms with Crippen LogP contribution < -0.4 is 5.73 Å². The van der Waals surface area contributed by atoms with Crippen LogP contribution in [0.4, 0.5) is 0 Å². The summed E-state index contributed by atoms with van der Waals surface area (Å²) in [5.74, 6) is 0. The predicted octanol–water partition coefficient (Wildman–Crippen LogP) is 2.39. The fourth-order valence-corrected chi connectivity index (χ4v) is 5.25. The average Bonchev–Trinajstić information content (AvgIpc) is 3.07. The SMILES string of the molecule is CC(N)C1(c2ccccc2S(=O)(=O)C2CCC2)CC1. The summed E-state index contributed by atoms with van der Waals surface area (Å²) in [5.41, 5.74) is 6.96. The van der Waals surface area contributed by atoms with Gasteiger partial charge in [0.15, 0.2) is 9.84 Å². The molecule has 0 bridgehead atoms. The molecule has 2 saturated carbocycles. The van der Waals surface area contributed by atoms with E-state index in [1.54, 1.807) is 6.07 Å². The lowest BCUT2D eigenvalue weighted by atomic mass is 9.89.